The first-order valence-electron chi connectivity index (χ1n) is 9.46. The molecule has 2 aromatic carbocycles. The predicted molar refractivity (Wildman–Crippen MR) is 109 cm³/mol. The zero-order valence-corrected chi connectivity index (χ0v) is 17.7. The molecule has 4 rings (SSSR count). The van der Waals surface area contributed by atoms with Crippen molar-refractivity contribution in [3.05, 3.63) is 58.4 Å². The first kappa shape index (κ1) is 21.5. The topological polar surface area (TPSA) is 104 Å². The van der Waals surface area contributed by atoms with E-state index in [2.05, 4.69) is 0 Å². The molecule has 0 bridgehead atoms. The Morgan fingerprint density at radius 1 is 1.19 bits per heavy atom. The van der Waals surface area contributed by atoms with E-state index in [9.17, 15) is 27.5 Å². The summed E-state index contributed by atoms with van der Waals surface area (Å²) < 4.78 is 46.7. The van der Waals surface area contributed by atoms with E-state index in [1.807, 2.05) is 24.3 Å². The van der Waals surface area contributed by atoms with Crippen molar-refractivity contribution in [1.29, 1.82) is 0 Å². The largest absolute Gasteiger partial charge is 0.478 e. The number of carboxylic acids is 1. The number of hydrogen-bond acceptors (Lipinski definition) is 5. The molecule has 0 radical (unpaired) electrons. The van der Waals surface area contributed by atoms with Crippen LogP contribution in [0.1, 0.15) is 28.8 Å². The number of nitrogens with zero attached hydrogens (tertiary/aromatic N) is 2. The molecule has 0 unspecified atom stereocenters. The molecule has 1 amide bonds. The summed E-state index contributed by atoms with van der Waals surface area (Å²) in [4.78, 5) is 24.5. The van der Waals surface area contributed by atoms with Gasteiger partial charge in [-0.15, -0.1) is 0 Å². The first-order valence-corrected chi connectivity index (χ1v) is 11.3. The fourth-order valence-electron chi connectivity index (χ4n) is 3.89. The van der Waals surface area contributed by atoms with Crippen LogP contribution < -0.4 is 4.90 Å². The van der Waals surface area contributed by atoms with E-state index >= 15 is 0 Å². The molecule has 0 aliphatic carbocycles. The van der Waals surface area contributed by atoms with Crippen LogP contribution in [0, 0.1) is 5.82 Å². The molecule has 1 N–H and O–H groups in total. The lowest BCUT2D eigenvalue weighted by Crippen LogP contribution is -2.50. The highest BCUT2D eigenvalue weighted by atomic mass is 35.5. The van der Waals surface area contributed by atoms with E-state index in [-0.39, 0.29) is 30.8 Å². The number of ether oxygens (including phenoxy) is 1. The first-order chi connectivity index (χ1) is 14.7. The number of hydrogen-bond donors (Lipinski definition) is 1. The fourth-order valence-corrected chi connectivity index (χ4v) is 5.66. The van der Waals surface area contributed by atoms with Crippen LogP contribution in [0.25, 0.3) is 0 Å². The summed E-state index contributed by atoms with van der Waals surface area (Å²) in [5.41, 5.74) is 1.10. The van der Waals surface area contributed by atoms with Crippen molar-refractivity contribution in [2.75, 3.05) is 18.0 Å². The van der Waals surface area contributed by atoms with Gasteiger partial charge < -0.3 is 9.84 Å². The van der Waals surface area contributed by atoms with Crippen LogP contribution >= 0.6 is 11.6 Å². The average Bonchev–Trinajstić information content (AvgIpc) is 2.73. The normalized spacial score (nSPS) is 17.9. The van der Waals surface area contributed by atoms with Gasteiger partial charge in [-0.25, -0.2) is 22.4 Å². The van der Waals surface area contributed by atoms with Crippen LogP contribution in [0.5, 0.6) is 0 Å². The van der Waals surface area contributed by atoms with Gasteiger partial charge in [0.1, 0.15) is 17.3 Å². The predicted octanol–water partition coefficient (Wildman–Crippen LogP) is 3.49. The number of para-hydroxylation sites is 1. The van der Waals surface area contributed by atoms with E-state index in [0.29, 0.717) is 18.9 Å². The van der Waals surface area contributed by atoms with Crippen molar-refractivity contribution < 1.29 is 32.2 Å². The Kier molecular flexibility index (Phi) is 5.63. The van der Waals surface area contributed by atoms with Crippen LogP contribution in [0.3, 0.4) is 0 Å². The number of carboxylic acid groups (broad SMARTS) is 1. The number of sulfonamides is 1. The summed E-state index contributed by atoms with van der Waals surface area (Å²) in [5, 5.41) is 8.79. The molecule has 0 atom stereocenters. The molecule has 11 heteroatoms. The minimum absolute atomic E-state index is 0.0312. The highest BCUT2D eigenvalue weighted by Crippen LogP contribution is 2.33. The van der Waals surface area contributed by atoms with Gasteiger partial charge in [-0.2, -0.15) is 4.31 Å². The van der Waals surface area contributed by atoms with Gasteiger partial charge in [-0.1, -0.05) is 29.8 Å². The number of rotatable bonds is 4. The van der Waals surface area contributed by atoms with Crippen molar-refractivity contribution in [1.82, 2.24) is 4.31 Å². The van der Waals surface area contributed by atoms with Gasteiger partial charge in [0.2, 0.25) is 10.0 Å². The van der Waals surface area contributed by atoms with E-state index < -0.39 is 38.4 Å². The molecule has 2 aliphatic heterocycles. The zero-order chi connectivity index (χ0) is 22.3. The summed E-state index contributed by atoms with van der Waals surface area (Å²) in [6.45, 7) is 0.243. The van der Waals surface area contributed by atoms with Crippen molar-refractivity contribution in [3.63, 3.8) is 0 Å². The molecule has 0 aromatic heterocycles. The highest BCUT2D eigenvalue weighted by Gasteiger charge is 2.38. The quantitative estimate of drug-likeness (QED) is 0.736. The number of anilines is 1. The van der Waals surface area contributed by atoms with Gasteiger partial charge in [-0.3, -0.25) is 4.90 Å². The Labute approximate surface area is 182 Å². The molecule has 0 saturated carbocycles. The van der Waals surface area contributed by atoms with Crippen LogP contribution in [0.4, 0.5) is 14.9 Å². The van der Waals surface area contributed by atoms with Crippen LogP contribution in [-0.2, 0) is 21.4 Å². The van der Waals surface area contributed by atoms with Gasteiger partial charge in [0, 0.05) is 24.7 Å². The molecule has 31 heavy (non-hydrogen) atoms. The monoisotopic (exact) mass is 468 g/mol. The van der Waals surface area contributed by atoms with E-state index in [0.717, 1.165) is 21.6 Å². The van der Waals surface area contributed by atoms with Gasteiger partial charge in [0.25, 0.3) is 0 Å². The molecular weight excluding hydrogens is 451 g/mol. The third kappa shape index (κ3) is 3.86. The number of carbonyl (C=O) groups is 2. The Bertz CT molecular complexity index is 1160. The van der Waals surface area contributed by atoms with E-state index in [1.54, 1.807) is 0 Å². The maximum atomic E-state index is 14.4. The maximum absolute atomic E-state index is 14.4. The van der Waals surface area contributed by atoms with Gasteiger partial charge >= 0.3 is 12.1 Å². The molecule has 0 spiro atoms. The minimum atomic E-state index is -4.29. The second-order valence-corrected chi connectivity index (χ2v) is 9.57. The molecule has 164 valence electrons. The summed E-state index contributed by atoms with van der Waals surface area (Å²) in [7, 11) is -4.29. The molecular formula is C20H18ClFN2O6S. The van der Waals surface area contributed by atoms with Gasteiger partial charge in [-0.05, 0) is 31.0 Å². The summed E-state index contributed by atoms with van der Waals surface area (Å²) >= 11 is 5.71. The summed E-state index contributed by atoms with van der Waals surface area (Å²) in [5.74, 6) is -2.58. The highest BCUT2D eigenvalue weighted by molar-refractivity contribution is 7.89. The lowest BCUT2D eigenvalue weighted by Gasteiger charge is -2.39. The number of piperidine rings is 1. The van der Waals surface area contributed by atoms with Crippen molar-refractivity contribution in [3.8, 4) is 0 Å². The number of carbonyl (C=O) groups excluding carboxylic acids is 1. The zero-order valence-electron chi connectivity index (χ0n) is 16.1. The number of fused-ring (bicyclic) bond motifs is 1. The Hall–Kier alpha value is -2.69. The summed E-state index contributed by atoms with van der Waals surface area (Å²) in [6, 6.07) is 8.47. The Balaban J connectivity index is 1.56. The lowest BCUT2D eigenvalue weighted by atomic mass is 10.0. The maximum Gasteiger partial charge on any atom is 0.414 e. The molecule has 1 fully saturated rings. The second kappa shape index (κ2) is 8.10. The van der Waals surface area contributed by atoms with Gasteiger partial charge in [0.05, 0.1) is 16.3 Å². The van der Waals surface area contributed by atoms with Gasteiger partial charge in [0.15, 0.2) is 0 Å². The summed E-state index contributed by atoms with van der Waals surface area (Å²) in [6.07, 6.45) is 0.127. The average molecular weight is 469 g/mol. The smallest absolute Gasteiger partial charge is 0.414 e. The van der Waals surface area contributed by atoms with Crippen molar-refractivity contribution in [2.45, 2.75) is 30.4 Å². The molecule has 8 nitrogen and oxygen atoms in total. The number of benzene rings is 2. The number of aromatic carboxylic acids is 1. The third-order valence-electron chi connectivity index (χ3n) is 5.46. The number of halogens is 2. The number of amides is 1. The third-order valence-corrected chi connectivity index (χ3v) is 7.68. The fraction of sp³-hybridized carbons (Fsp3) is 0.300. The molecule has 2 aliphatic rings. The SMILES string of the molecule is O=C(O)c1cc(S(=O)(=O)N2CCC(N3C(=O)OCc4ccccc43)CC2)c(F)cc1Cl. The van der Waals surface area contributed by atoms with Crippen LogP contribution in [-0.4, -0.2) is 49.0 Å². The Morgan fingerprint density at radius 2 is 1.87 bits per heavy atom. The number of cyclic esters (lactones) is 1. The minimum Gasteiger partial charge on any atom is -0.478 e. The van der Waals surface area contributed by atoms with E-state index in [1.165, 1.54) is 4.90 Å². The molecule has 1 saturated heterocycles. The molecule has 2 heterocycles. The van der Waals surface area contributed by atoms with Crippen LogP contribution in [0.15, 0.2) is 41.3 Å². The van der Waals surface area contributed by atoms with Crippen molar-refractivity contribution >= 4 is 39.4 Å². The van der Waals surface area contributed by atoms with Crippen molar-refractivity contribution in [2.24, 2.45) is 0 Å². The molecule has 2 aromatic rings. The Morgan fingerprint density at radius 3 is 2.55 bits per heavy atom. The van der Waals surface area contributed by atoms with E-state index in [4.69, 9.17) is 16.3 Å². The standard InChI is InChI=1S/C20H18ClFN2O6S/c21-15-10-16(22)18(9-14(15)19(25)26)31(28,29)23-7-5-13(6-8-23)24-17-4-2-1-3-12(17)11-30-20(24)27/h1-4,9-10,13H,5-8,11H2,(H,25,26). The van der Waals surface area contributed by atoms with Crippen LogP contribution in [0.2, 0.25) is 5.02 Å². The lowest BCUT2D eigenvalue weighted by molar-refractivity contribution is 0.0696. The second-order valence-electron chi connectivity index (χ2n) is 7.26.